The lowest BCUT2D eigenvalue weighted by Crippen LogP contribution is -2.52. The highest BCUT2D eigenvalue weighted by molar-refractivity contribution is 6.76. The SMILES string of the molecule is CCOC(=O)CN1CC(n2nc(Cc3nc4cc(OCC(F)F)c(C#N)cc4n3COCC[Si](C)(C)C)c3ccccc3c2=O)C1. The number of hydrogen-bond acceptors (Lipinski definition) is 9. The minimum atomic E-state index is -2.70. The van der Waals surface area contributed by atoms with Crippen LogP contribution in [0.15, 0.2) is 41.2 Å². The molecule has 244 valence electrons. The third-order valence-electron chi connectivity index (χ3n) is 7.80. The topological polar surface area (TPSA) is 125 Å². The lowest BCUT2D eigenvalue weighted by Gasteiger charge is -2.38. The van der Waals surface area contributed by atoms with Gasteiger partial charge in [0.05, 0.1) is 53.3 Å². The number of aromatic nitrogens is 4. The number of likely N-dealkylation sites (tertiary alicyclic amines) is 1. The number of fused-ring (bicyclic) bond motifs is 2. The third kappa shape index (κ3) is 7.60. The van der Waals surface area contributed by atoms with Crippen LogP contribution in [-0.4, -0.2) is 84.2 Å². The average molecular weight is 653 g/mol. The second kappa shape index (κ2) is 14.1. The van der Waals surface area contributed by atoms with Gasteiger partial charge in [0.2, 0.25) is 0 Å². The van der Waals surface area contributed by atoms with E-state index in [4.69, 9.17) is 24.3 Å². The number of nitrogens with zero attached hydrogens (tertiary/aromatic N) is 6. The normalized spacial score (nSPS) is 14.1. The number of rotatable bonds is 14. The largest absolute Gasteiger partial charge is 0.486 e. The number of imidazole rings is 1. The second-order valence-corrected chi connectivity index (χ2v) is 18.1. The first-order valence-corrected chi connectivity index (χ1v) is 19.0. The maximum Gasteiger partial charge on any atom is 0.320 e. The first kappa shape index (κ1) is 33.2. The molecule has 1 aliphatic rings. The highest BCUT2D eigenvalue weighted by Gasteiger charge is 2.32. The van der Waals surface area contributed by atoms with E-state index in [-0.39, 0.29) is 48.6 Å². The van der Waals surface area contributed by atoms with Crippen molar-refractivity contribution in [3.8, 4) is 11.8 Å². The van der Waals surface area contributed by atoms with Gasteiger partial charge in [0.1, 0.15) is 31.0 Å². The van der Waals surface area contributed by atoms with Crippen molar-refractivity contribution in [2.75, 3.05) is 39.5 Å². The molecule has 0 unspecified atom stereocenters. The lowest BCUT2D eigenvalue weighted by atomic mass is 10.1. The summed E-state index contributed by atoms with van der Waals surface area (Å²) >= 11 is 0. The summed E-state index contributed by atoms with van der Waals surface area (Å²) in [6.07, 6.45) is -2.47. The number of esters is 1. The summed E-state index contributed by atoms with van der Waals surface area (Å²) in [5.41, 5.74) is 1.56. The number of carbonyl (C=O) groups excluding carboxylic acids is 1. The molecule has 2 aromatic heterocycles. The summed E-state index contributed by atoms with van der Waals surface area (Å²) < 4.78 is 45.6. The smallest absolute Gasteiger partial charge is 0.320 e. The van der Waals surface area contributed by atoms with Crippen LogP contribution in [0.2, 0.25) is 25.7 Å². The van der Waals surface area contributed by atoms with E-state index in [2.05, 4.69) is 19.6 Å². The van der Waals surface area contributed by atoms with E-state index in [1.807, 2.05) is 27.7 Å². The molecule has 46 heavy (non-hydrogen) atoms. The van der Waals surface area contributed by atoms with E-state index in [0.29, 0.717) is 59.6 Å². The van der Waals surface area contributed by atoms with Crippen molar-refractivity contribution in [3.05, 3.63) is 63.8 Å². The fourth-order valence-electron chi connectivity index (χ4n) is 5.39. The zero-order chi connectivity index (χ0) is 33.0. The quantitative estimate of drug-likeness (QED) is 0.109. The Morgan fingerprint density at radius 3 is 2.59 bits per heavy atom. The molecule has 0 aliphatic carbocycles. The number of alkyl halides is 2. The van der Waals surface area contributed by atoms with Gasteiger partial charge in [0, 0.05) is 39.2 Å². The Hall–Kier alpha value is -4.19. The summed E-state index contributed by atoms with van der Waals surface area (Å²) in [6, 6.07) is 13.1. The molecule has 1 fully saturated rings. The molecular weight excluding hydrogens is 614 g/mol. The van der Waals surface area contributed by atoms with Crippen LogP contribution in [0.4, 0.5) is 8.78 Å². The molecule has 0 spiro atoms. The molecule has 1 aliphatic heterocycles. The van der Waals surface area contributed by atoms with Gasteiger partial charge in [-0.05, 0) is 25.1 Å². The Kier molecular flexibility index (Phi) is 10.1. The Balaban J connectivity index is 1.52. The van der Waals surface area contributed by atoms with Crippen LogP contribution in [0.25, 0.3) is 21.8 Å². The van der Waals surface area contributed by atoms with Crippen molar-refractivity contribution in [2.45, 2.75) is 58.2 Å². The first-order valence-electron chi connectivity index (χ1n) is 15.3. The predicted octanol–water partition coefficient (Wildman–Crippen LogP) is 4.58. The minimum absolute atomic E-state index is 0.0284. The monoisotopic (exact) mass is 652 g/mol. The summed E-state index contributed by atoms with van der Waals surface area (Å²) in [4.78, 5) is 32.2. The van der Waals surface area contributed by atoms with E-state index < -0.39 is 21.1 Å². The van der Waals surface area contributed by atoms with Crippen molar-refractivity contribution in [1.29, 1.82) is 5.26 Å². The van der Waals surface area contributed by atoms with Gasteiger partial charge in [-0.3, -0.25) is 14.5 Å². The molecular formula is C32H38F2N6O5Si. The van der Waals surface area contributed by atoms with Gasteiger partial charge in [0.15, 0.2) is 0 Å². The summed E-state index contributed by atoms with van der Waals surface area (Å²) in [5.74, 6) is 0.285. The van der Waals surface area contributed by atoms with Crippen LogP contribution in [-0.2, 0) is 27.4 Å². The molecule has 0 atom stereocenters. The first-order chi connectivity index (χ1) is 22.0. The fourth-order valence-corrected chi connectivity index (χ4v) is 6.15. The molecule has 0 saturated carbocycles. The van der Waals surface area contributed by atoms with Gasteiger partial charge in [-0.2, -0.15) is 10.4 Å². The van der Waals surface area contributed by atoms with Crippen LogP contribution >= 0.6 is 0 Å². The van der Waals surface area contributed by atoms with Crippen molar-refractivity contribution < 1.29 is 27.8 Å². The van der Waals surface area contributed by atoms with Crippen LogP contribution in [0, 0.1) is 11.3 Å². The van der Waals surface area contributed by atoms with Gasteiger partial charge in [-0.1, -0.05) is 37.8 Å². The van der Waals surface area contributed by atoms with Gasteiger partial charge in [0.25, 0.3) is 12.0 Å². The Morgan fingerprint density at radius 1 is 1.17 bits per heavy atom. The van der Waals surface area contributed by atoms with Crippen molar-refractivity contribution in [1.82, 2.24) is 24.2 Å². The summed E-state index contributed by atoms with van der Waals surface area (Å²) in [6.45, 7) is 9.81. The number of hydrogen-bond donors (Lipinski definition) is 0. The van der Waals surface area contributed by atoms with E-state index in [9.17, 15) is 23.6 Å². The second-order valence-electron chi connectivity index (χ2n) is 12.5. The van der Waals surface area contributed by atoms with E-state index in [1.165, 1.54) is 10.7 Å². The fraction of sp³-hybridized carbons (Fsp3) is 0.469. The molecule has 0 amide bonds. The minimum Gasteiger partial charge on any atom is -0.486 e. The molecule has 5 rings (SSSR count). The Labute approximate surface area is 266 Å². The number of benzene rings is 2. The molecule has 3 heterocycles. The maximum absolute atomic E-state index is 13.5. The number of halogens is 2. The molecule has 1 saturated heterocycles. The lowest BCUT2D eigenvalue weighted by molar-refractivity contribution is -0.146. The maximum atomic E-state index is 13.5. The van der Waals surface area contributed by atoms with Crippen LogP contribution in [0.5, 0.6) is 5.75 Å². The molecule has 0 N–H and O–H groups in total. The zero-order valence-corrected chi connectivity index (χ0v) is 27.5. The average Bonchev–Trinajstić information content (AvgIpc) is 3.32. The molecule has 0 radical (unpaired) electrons. The third-order valence-corrected chi connectivity index (χ3v) is 9.51. The van der Waals surface area contributed by atoms with Crippen LogP contribution in [0.1, 0.15) is 30.0 Å². The molecule has 2 aromatic carbocycles. The number of ether oxygens (including phenoxy) is 3. The Morgan fingerprint density at radius 2 is 1.91 bits per heavy atom. The van der Waals surface area contributed by atoms with E-state index >= 15 is 0 Å². The standard InChI is InChI=1S/C32H38F2N6O5Si/c1-5-44-31(41)18-38-16-22(17-38)40-32(42)24-9-7-6-8-23(24)25(37-40)14-30-36-26-13-28(45-19-29(33)34)21(15-35)12-27(26)39(30)20-43-10-11-46(2,3)4/h6-9,12-13,22,29H,5,10-11,14,16-20H2,1-4H3. The Bertz CT molecular complexity index is 1820. The van der Waals surface area contributed by atoms with Crippen molar-refractivity contribution in [2.24, 2.45) is 0 Å². The molecule has 4 aromatic rings. The van der Waals surface area contributed by atoms with Gasteiger partial charge in [-0.25, -0.2) is 18.4 Å². The van der Waals surface area contributed by atoms with E-state index in [1.54, 1.807) is 25.1 Å². The summed E-state index contributed by atoms with van der Waals surface area (Å²) in [7, 11) is -1.36. The highest BCUT2D eigenvalue weighted by Crippen LogP contribution is 2.29. The van der Waals surface area contributed by atoms with Crippen molar-refractivity contribution >= 4 is 35.8 Å². The van der Waals surface area contributed by atoms with Crippen LogP contribution in [0.3, 0.4) is 0 Å². The molecule has 0 bridgehead atoms. The molecule has 11 nitrogen and oxygen atoms in total. The highest BCUT2D eigenvalue weighted by atomic mass is 28.3. The zero-order valence-electron chi connectivity index (χ0n) is 26.5. The number of carbonyl (C=O) groups is 1. The van der Waals surface area contributed by atoms with Crippen molar-refractivity contribution in [3.63, 3.8) is 0 Å². The predicted molar refractivity (Wildman–Crippen MR) is 171 cm³/mol. The van der Waals surface area contributed by atoms with E-state index in [0.717, 1.165) is 6.04 Å². The van der Waals surface area contributed by atoms with Gasteiger partial charge in [-0.15, -0.1) is 0 Å². The van der Waals surface area contributed by atoms with Gasteiger partial charge < -0.3 is 18.8 Å². The van der Waals surface area contributed by atoms with Gasteiger partial charge >= 0.3 is 5.97 Å². The number of nitriles is 1. The van der Waals surface area contributed by atoms with Crippen LogP contribution < -0.4 is 10.3 Å². The molecule has 14 heteroatoms. The summed E-state index contributed by atoms with van der Waals surface area (Å²) in [5, 5.41) is 15.8.